The Morgan fingerprint density at radius 1 is 0.850 bits per heavy atom. The third kappa shape index (κ3) is 2.94. The first kappa shape index (κ1) is 18.8. The van der Waals surface area contributed by atoms with E-state index in [2.05, 4.69) is 0 Å². The molecule has 0 radical (unpaired) electrons. The van der Waals surface area contributed by atoms with Gasteiger partial charge in [0.1, 0.15) is 0 Å². The first-order valence-corrected chi connectivity index (χ1v) is 3.91. The van der Waals surface area contributed by atoms with Gasteiger partial charge in [0, 0.05) is 0 Å². The van der Waals surface area contributed by atoms with Gasteiger partial charge in [0.15, 0.2) is 0 Å². The van der Waals surface area contributed by atoms with Crippen LogP contribution in [0, 0.1) is 0 Å². The number of alkyl halides is 10. The summed E-state index contributed by atoms with van der Waals surface area (Å²) in [5.41, 5.74) is 0. The number of carbonyl (C=O) groups excluding carboxylic acids is 1. The maximum Gasteiger partial charge on any atom is 0.459 e. The summed E-state index contributed by atoms with van der Waals surface area (Å²) in [5, 5.41) is 7.39. The number of carbonyl (C=O) groups is 1. The Morgan fingerprint density at radius 3 is 1.40 bits per heavy atom. The van der Waals surface area contributed by atoms with Crippen LogP contribution in [0.3, 0.4) is 0 Å². The molecule has 1 N–H and O–H groups in total. The normalized spacial score (nSPS) is 17.8. The van der Waals surface area contributed by atoms with Crippen molar-refractivity contribution >= 4 is 6.04 Å². The van der Waals surface area contributed by atoms with Crippen LogP contribution in [0.25, 0.3) is 0 Å². The van der Waals surface area contributed by atoms with E-state index in [-0.39, 0.29) is 0 Å². The van der Waals surface area contributed by atoms with E-state index in [1.807, 2.05) is 0 Å². The summed E-state index contributed by atoms with van der Waals surface area (Å²) in [6.07, 6.45) is -20.7. The Hall–Kier alpha value is -1.18. The molecule has 0 fully saturated rings. The van der Waals surface area contributed by atoms with Crippen LogP contribution in [0.5, 0.6) is 0 Å². The van der Waals surface area contributed by atoms with Gasteiger partial charge >= 0.3 is 36.2 Å². The van der Waals surface area contributed by atoms with Gasteiger partial charge in [-0.15, -0.1) is 0 Å². The van der Waals surface area contributed by atoms with Crippen molar-refractivity contribution in [1.29, 1.82) is 0 Å². The second-order valence-corrected chi connectivity index (χ2v) is 3.10. The van der Waals surface area contributed by atoms with Gasteiger partial charge < -0.3 is 5.11 Å². The van der Waals surface area contributed by atoms with Crippen LogP contribution in [-0.2, 0) is 9.53 Å². The van der Waals surface area contributed by atoms with E-state index in [0.717, 1.165) is 0 Å². The minimum absolute atomic E-state index is 1.60. The number of halogens is 11. The Labute approximate surface area is 100 Å². The number of ether oxygens (including phenoxy) is 1. The first-order chi connectivity index (χ1) is 8.40. The van der Waals surface area contributed by atoms with Crippen LogP contribution in [0.15, 0.2) is 0 Å². The van der Waals surface area contributed by atoms with Crippen LogP contribution >= 0.6 is 0 Å². The fourth-order valence-electron chi connectivity index (χ4n) is 0.625. The Bertz CT molecular complexity index is 383. The molecule has 20 heavy (non-hydrogen) atoms. The van der Waals surface area contributed by atoms with Gasteiger partial charge in [0.25, 0.3) is 0 Å². The molecule has 0 aromatic carbocycles. The molecule has 0 aliphatic heterocycles. The van der Waals surface area contributed by atoms with Gasteiger partial charge in [0.2, 0.25) is 0 Å². The number of rotatable bonds is 5. The summed E-state index contributed by atoms with van der Waals surface area (Å²) in [7, 11) is 0. The summed E-state index contributed by atoms with van der Waals surface area (Å²) in [6.45, 7) is 0. The van der Waals surface area contributed by atoms with Gasteiger partial charge in [0.05, 0.1) is 0 Å². The molecule has 1 unspecified atom stereocenters. The minimum Gasteiger partial charge on any atom is -0.331 e. The highest BCUT2D eigenvalue weighted by Gasteiger charge is 2.79. The SMILES string of the molecule is O=C(F)C(F)(OC(F)(F)C(F)(F)C(O)(F)F)C(F)(F)F. The Balaban J connectivity index is 5.73. The Morgan fingerprint density at radius 2 is 1.20 bits per heavy atom. The van der Waals surface area contributed by atoms with Crippen LogP contribution in [0.2, 0.25) is 0 Å². The zero-order valence-corrected chi connectivity index (χ0v) is 8.42. The van der Waals surface area contributed by atoms with E-state index >= 15 is 0 Å². The minimum atomic E-state index is -7.10. The summed E-state index contributed by atoms with van der Waals surface area (Å²) in [5.74, 6) is -13.7. The molecule has 0 aromatic rings. The van der Waals surface area contributed by atoms with Gasteiger partial charge in [-0.05, 0) is 0 Å². The lowest BCUT2D eigenvalue weighted by Gasteiger charge is -2.33. The summed E-state index contributed by atoms with van der Waals surface area (Å²) >= 11 is 0. The molecule has 0 saturated carbocycles. The van der Waals surface area contributed by atoms with Crippen LogP contribution in [-0.4, -0.2) is 41.3 Å². The van der Waals surface area contributed by atoms with Crippen molar-refractivity contribution in [3.8, 4) is 0 Å². The summed E-state index contributed by atoms with van der Waals surface area (Å²) in [6, 6.07) is -4.35. The van der Waals surface area contributed by atoms with Crippen LogP contribution < -0.4 is 0 Å². The van der Waals surface area contributed by atoms with Crippen molar-refractivity contribution in [3.63, 3.8) is 0 Å². The Kier molecular flexibility index (Phi) is 4.40. The third-order valence-electron chi connectivity index (χ3n) is 1.63. The van der Waals surface area contributed by atoms with Crippen molar-refractivity contribution in [1.82, 2.24) is 0 Å². The molecule has 0 saturated heterocycles. The molecule has 0 heterocycles. The molecule has 0 bridgehead atoms. The predicted octanol–water partition coefficient (Wildman–Crippen LogP) is 2.54. The van der Waals surface area contributed by atoms with E-state index in [0.29, 0.717) is 0 Å². The van der Waals surface area contributed by atoms with Crippen molar-refractivity contribution in [2.75, 3.05) is 0 Å². The second kappa shape index (κ2) is 4.68. The van der Waals surface area contributed by atoms with Gasteiger partial charge in [-0.2, -0.15) is 48.3 Å². The van der Waals surface area contributed by atoms with E-state index in [1.165, 1.54) is 0 Å². The lowest BCUT2D eigenvalue weighted by molar-refractivity contribution is -0.483. The molecule has 0 aromatic heterocycles. The maximum absolute atomic E-state index is 12.6. The molecule has 0 amide bonds. The number of hydrogen-bond acceptors (Lipinski definition) is 3. The monoisotopic (exact) mass is 330 g/mol. The van der Waals surface area contributed by atoms with Crippen molar-refractivity contribution in [2.24, 2.45) is 0 Å². The maximum atomic E-state index is 12.6. The van der Waals surface area contributed by atoms with E-state index in [1.54, 1.807) is 4.74 Å². The van der Waals surface area contributed by atoms with Crippen LogP contribution in [0.4, 0.5) is 48.3 Å². The molecule has 0 spiro atoms. The lowest BCUT2D eigenvalue weighted by atomic mass is 10.2. The van der Waals surface area contributed by atoms with E-state index < -0.39 is 36.2 Å². The van der Waals surface area contributed by atoms with E-state index in [4.69, 9.17) is 5.11 Å². The lowest BCUT2D eigenvalue weighted by Crippen LogP contribution is -2.61. The van der Waals surface area contributed by atoms with Gasteiger partial charge in [-0.3, -0.25) is 9.53 Å². The largest absolute Gasteiger partial charge is 0.459 e. The predicted molar refractivity (Wildman–Crippen MR) is 34.2 cm³/mol. The fraction of sp³-hybridized carbons (Fsp3) is 0.833. The highest BCUT2D eigenvalue weighted by molar-refractivity contribution is 5.77. The van der Waals surface area contributed by atoms with Crippen molar-refractivity contribution in [2.45, 2.75) is 30.2 Å². The molecule has 0 aliphatic carbocycles. The smallest absolute Gasteiger partial charge is 0.331 e. The highest BCUT2D eigenvalue weighted by Crippen LogP contribution is 2.49. The molecule has 14 heteroatoms. The topological polar surface area (TPSA) is 46.5 Å². The summed E-state index contributed by atoms with van der Waals surface area (Å²) in [4.78, 5) is 9.65. The first-order valence-electron chi connectivity index (χ1n) is 3.91. The fourth-order valence-corrected chi connectivity index (χ4v) is 0.625. The molecular formula is C6HF11O3. The molecular weight excluding hydrogens is 329 g/mol. The number of hydrogen-bond donors (Lipinski definition) is 1. The number of aliphatic hydroxyl groups is 1. The van der Waals surface area contributed by atoms with Gasteiger partial charge in [-0.1, -0.05) is 0 Å². The molecule has 3 nitrogen and oxygen atoms in total. The van der Waals surface area contributed by atoms with Crippen molar-refractivity contribution in [3.05, 3.63) is 0 Å². The molecule has 0 aliphatic rings. The summed E-state index contributed by atoms with van der Waals surface area (Å²) < 4.78 is 134. The third-order valence-corrected chi connectivity index (χ3v) is 1.63. The highest BCUT2D eigenvalue weighted by atomic mass is 19.4. The molecule has 0 rings (SSSR count). The standard InChI is InChI=1S/C6HF11O3/c7-1(18)2(8,4(11,12)13)20-6(16,17)3(9,10)5(14,15)19/h19H. The zero-order chi connectivity index (χ0) is 16.8. The zero-order valence-electron chi connectivity index (χ0n) is 8.42. The average molecular weight is 330 g/mol. The molecule has 1 atom stereocenters. The average Bonchev–Trinajstić information content (AvgIpc) is 2.12. The molecule has 120 valence electrons. The van der Waals surface area contributed by atoms with Crippen molar-refractivity contribution < 1.29 is 62.9 Å². The van der Waals surface area contributed by atoms with E-state index in [9.17, 15) is 53.1 Å². The van der Waals surface area contributed by atoms with Crippen LogP contribution in [0.1, 0.15) is 0 Å². The quantitative estimate of drug-likeness (QED) is 0.623. The second-order valence-electron chi connectivity index (χ2n) is 3.10. The van der Waals surface area contributed by atoms with Gasteiger partial charge in [-0.25, -0.2) is 0 Å².